The summed E-state index contributed by atoms with van der Waals surface area (Å²) in [5, 5.41) is 0. The number of nitrogens with two attached hydrogens (primary N) is 1. The van der Waals surface area contributed by atoms with Crippen LogP contribution in [-0.2, 0) is 11.3 Å². The smallest absolute Gasteiger partial charge is 0.240 e. The van der Waals surface area contributed by atoms with Gasteiger partial charge in [0.1, 0.15) is 0 Å². The van der Waals surface area contributed by atoms with Crippen molar-refractivity contribution in [2.24, 2.45) is 17.6 Å². The van der Waals surface area contributed by atoms with Crippen molar-refractivity contribution in [3.63, 3.8) is 0 Å². The number of piperidine rings is 1. The number of likely N-dealkylation sites (tertiary alicyclic amines) is 1. The number of carbonyl (C=O) groups is 1. The highest BCUT2D eigenvalue weighted by Crippen LogP contribution is 2.30. The standard InChI is InChI=1S/C21H33N3O/c1-16(2)20(22)21(25)24(19-8-9-19)15-18-10-12-23(13-11-18)14-17-6-4-3-5-7-17/h3-7,16,18-20H,8-15,22H2,1-2H3/t20-/m0/s1. The molecule has 1 heterocycles. The van der Waals surface area contributed by atoms with E-state index in [-0.39, 0.29) is 17.9 Å². The third-order valence-corrected chi connectivity index (χ3v) is 5.69. The van der Waals surface area contributed by atoms with Crippen LogP contribution in [0.3, 0.4) is 0 Å². The van der Waals surface area contributed by atoms with Gasteiger partial charge in [-0.3, -0.25) is 9.69 Å². The molecule has 2 aliphatic rings. The lowest BCUT2D eigenvalue weighted by Crippen LogP contribution is -2.50. The second-order valence-corrected chi connectivity index (χ2v) is 8.20. The Morgan fingerprint density at radius 2 is 1.80 bits per heavy atom. The van der Waals surface area contributed by atoms with Crippen LogP contribution in [0.15, 0.2) is 30.3 Å². The van der Waals surface area contributed by atoms with E-state index in [1.54, 1.807) is 0 Å². The lowest BCUT2D eigenvalue weighted by Gasteiger charge is -2.36. The molecule has 1 aliphatic carbocycles. The molecule has 1 aromatic rings. The molecule has 1 amide bonds. The molecule has 4 heteroatoms. The number of hydrogen-bond acceptors (Lipinski definition) is 3. The molecule has 0 aromatic heterocycles. The molecular weight excluding hydrogens is 310 g/mol. The number of nitrogens with zero attached hydrogens (tertiary/aromatic N) is 2. The van der Waals surface area contributed by atoms with Crippen LogP contribution in [0.4, 0.5) is 0 Å². The first-order chi connectivity index (χ1) is 12.0. The van der Waals surface area contributed by atoms with E-state index in [0.29, 0.717) is 12.0 Å². The number of carbonyl (C=O) groups excluding carboxylic acids is 1. The van der Waals surface area contributed by atoms with Gasteiger partial charge in [0.2, 0.25) is 5.91 Å². The predicted molar refractivity (Wildman–Crippen MR) is 102 cm³/mol. The van der Waals surface area contributed by atoms with Crippen LogP contribution in [0, 0.1) is 11.8 Å². The first-order valence-electron chi connectivity index (χ1n) is 9.87. The molecule has 25 heavy (non-hydrogen) atoms. The Morgan fingerprint density at radius 1 is 1.16 bits per heavy atom. The van der Waals surface area contributed by atoms with Crippen LogP contribution in [0.2, 0.25) is 0 Å². The van der Waals surface area contributed by atoms with E-state index in [0.717, 1.165) is 39.0 Å². The summed E-state index contributed by atoms with van der Waals surface area (Å²) in [6.45, 7) is 8.27. The van der Waals surface area contributed by atoms with Gasteiger partial charge in [0, 0.05) is 19.1 Å². The van der Waals surface area contributed by atoms with E-state index in [1.165, 1.54) is 18.4 Å². The maximum Gasteiger partial charge on any atom is 0.240 e. The molecule has 138 valence electrons. The van der Waals surface area contributed by atoms with Gasteiger partial charge in [-0.2, -0.15) is 0 Å². The summed E-state index contributed by atoms with van der Waals surface area (Å²) in [5.74, 6) is 1.00. The summed E-state index contributed by atoms with van der Waals surface area (Å²) >= 11 is 0. The fraction of sp³-hybridized carbons (Fsp3) is 0.667. The number of benzene rings is 1. The minimum atomic E-state index is -0.348. The molecule has 0 spiro atoms. The average Bonchev–Trinajstić information content (AvgIpc) is 3.45. The highest BCUT2D eigenvalue weighted by Gasteiger charge is 2.37. The molecule has 1 aliphatic heterocycles. The van der Waals surface area contributed by atoms with Gasteiger partial charge in [-0.15, -0.1) is 0 Å². The zero-order valence-corrected chi connectivity index (χ0v) is 15.7. The van der Waals surface area contributed by atoms with Crippen LogP contribution < -0.4 is 5.73 Å². The van der Waals surface area contributed by atoms with Gasteiger partial charge in [0.05, 0.1) is 6.04 Å². The molecule has 0 radical (unpaired) electrons. The molecule has 1 aromatic carbocycles. The van der Waals surface area contributed by atoms with Crippen molar-refractivity contribution in [3.05, 3.63) is 35.9 Å². The summed E-state index contributed by atoms with van der Waals surface area (Å²) in [4.78, 5) is 17.4. The van der Waals surface area contributed by atoms with Crippen LogP contribution in [0.1, 0.15) is 45.1 Å². The van der Waals surface area contributed by atoms with E-state index < -0.39 is 0 Å². The van der Waals surface area contributed by atoms with Crippen molar-refractivity contribution in [2.45, 2.75) is 58.2 Å². The lowest BCUT2D eigenvalue weighted by atomic mass is 9.95. The summed E-state index contributed by atoms with van der Waals surface area (Å²) < 4.78 is 0. The molecule has 3 rings (SSSR count). The Kier molecular flexibility index (Phi) is 6.13. The Hall–Kier alpha value is -1.39. The van der Waals surface area contributed by atoms with E-state index in [1.807, 2.05) is 13.8 Å². The normalized spacial score (nSPS) is 20.6. The lowest BCUT2D eigenvalue weighted by molar-refractivity contribution is -0.135. The summed E-state index contributed by atoms with van der Waals surface area (Å²) in [6, 6.07) is 10.8. The van der Waals surface area contributed by atoms with Crippen molar-refractivity contribution in [1.82, 2.24) is 9.80 Å². The minimum absolute atomic E-state index is 0.171. The molecular formula is C21H33N3O. The molecule has 1 saturated carbocycles. The van der Waals surface area contributed by atoms with Gasteiger partial charge >= 0.3 is 0 Å². The molecule has 4 nitrogen and oxygen atoms in total. The van der Waals surface area contributed by atoms with Gasteiger partial charge < -0.3 is 10.6 Å². The van der Waals surface area contributed by atoms with E-state index in [4.69, 9.17) is 5.73 Å². The molecule has 2 N–H and O–H groups in total. The average molecular weight is 344 g/mol. The van der Waals surface area contributed by atoms with Gasteiger partial charge in [-0.1, -0.05) is 44.2 Å². The summed E-state index contributed by atoms with van der Waals surface area (Å²) in [6.07, 6.45) is 4.67. The largest absolute Gasteiger partial charge is 0.338 e. The number of amides is 1. The fourth-order valence-electron chi connectivity index (χ4n) is 3.73. The van der Waals surface area contributed by atoms with Crippen LogP contribution in [0.25, 0.3) is 0 Å². The zero-order chi connectivity index (χ0) is 17.8. The SMILES string of the molecule is CC(C)[C@H](N)C(=O)N(CC1CCN(Cc2ccccc2)CC1)C1CC1. The first-order valence-corrected chi connectivity index (χ1v) is 9.87. The van der Waals surface area contributed by atoms with E-state index in [9.17, 15) is 4.79 Å². The van der Waals surface area contributed by atoms with Gasteiger partial charge in [0.15, 0.2) is 0 Å². The van der Waals surface area contributed by atoms with Gasteiger partial charge in [-0.05, 0) is 56.2 Å². The van der Waals surface area contributed by atoms with E-state index in [2.05, 4.69) is 40.1 Å². The minimum Gasteiger partial charge on any atom is -0.338 e. The first kappa shape index (κ1) is 18.4. The van der Waals surface area contributed by atoms with Gasteiger partial charge in [-0.25, -0.2) is 0 Å². The van der Waals surface area contributed by atoms with Gasteiger partial charge in [0.25, 0.3) is 0 Å². The van der Waals surface area contributed by atoms with Crippen LogP contribution in [0.5, 0.6) is 0 Å². The zero-order valence-electron chi connectivity index (χ0n) is 15.7. The van der Waals surface area contributed by atoms with Crippen molar-refractivity contribution >= 4 is 5.91 Å². The highest BCUT2D eigenvalue weighted by atomic mass is 16.2. The maximum absolute atomic E-state index is 12.7. The van der Waals surface area contributed by atoms with Crippen molar-refractivity contribution < 1.29 is 4.79 Å². The second kappa shape index (κ2) is 8.33. The van der Waals surface area contributed by atoms with Crippen molar-refractivity contribution in [3.8, 4) is 0 Å². The Bertz CT molecular complexity index is 548. The Morgan fingerprint density at radius 3 is 2.36 bits per heavy atom. The summed E-state index contributed by atoms with van der Waals surface area (Å²) in [7, 11) is 0. The quantitative estimate of drug-likeness (QED) is 0.828. The van der Waals surface area contributed by atoms with Crippen molar-refractivity contribution in [1.29, 1.82) is 0 Å². The molecule has 0 bridgehead atoms. The second-order valence-electron chi connectivity index (χ2n) is 8.20. The van der Waals surface area contributed by atoms with Crippen LogP contribution >= 0.6 is 0 Å². The Balaban J connectivity index is 1.49. The molecule has 1 saturated heterocycles. The van der Waals surface area contributed by atoms with E-state index >= 15 is 0 Å². The fourth-order valence-corrected chi connectivity index (χ4v) is 3.73. The monoisotopic (exact) mass is 343 g/mol. The topological polar surface area (TPSA) is 49.6 Å². The molecule has 2 fully saturated rings. The Labute approximate surface area is 152 Å². The maximum atomic E-state index is 12.7. The number of hydrogen-bond donors (Lipinski definition) is 1. The third kappa shape index (κ3) is 5.05. The summed E-state index contributed by atoms with van der Waals surface area (Å²) in [5.41, 5.74) is 7.53. The molecule has 1 atom stereocenters. The highest BCUT2D eigenvalue weighted by molar-refractivity contribution is 5.82. The molecule has 0 unspecified atom stereocenters. The van der Waals surface area contributed by atoms with Crippen LogP contribution in [-0.4, -0.2) is 47.4 Å². The van der Waals surface area contributed by atoms with Crippen molar-refractivity contribution in [2.75, 3.05) is 19.6 Å². The number of rotatable bonds is 7. The third-order valence-electron chi connectivity index (χ3n) is 5.69. The predicted octanol–water partition coefficient (Wildman–Crippen LogP) is 2.87.